The van der Waals surface area contributed by atoms with Crippen molar-refractivity contribution in [2.75, 3.05) is 0 Å². The second-order valence-corrected chi connectivity index (χ2v) is 3.49. The molecule has 1 aliphatic rings. The normalized spacial score (nSPS) is 14.5. The average molecular weight is 176 g/mol. The molecule has 0 spiro atoms. The lowest BCUT2D eigenvalue weighted by Crippen LogP contribution is -2.21. The molecule has 1 aromatic heterocycles. The van der Waals surface area contributed by atoms with Crippen LogP contribution < -0.4 is 0 Å². The number of hydrogen-bond donors (Lipinski definition) is 0. The van der Waals surface area contributed by atoms with E-state index in [1.54, 1.807) is 11.8 Å². The number of aromatic nitrogens is 1. The topological polar surface area (TPSA) is 33.2 Å². The molecule has 68 valence electrons. The van der Waals surface area contributed by atoms with Gasteiger partial charge >= 0.3 is 0 Å². The van der Waals surface area contributed by atoms with Crippen molar-refractivity contribution in [1.82, 2.24) is 9.88 Å². The predicted molar refractivity (Wildman–Crippen MR) is 48.9 cm³/mol. The lowest BCUT2D eigenvalue weighted by atomic mass is 10.2. The molecule has 3 heteroatoms. The number of carbonyl (C=O) groups is 1. The highest BCUT2D eigenvalue weighted by Crippen LogP contribution is 2.21. The van der Waals surface area contributed by atoms with Gasteiger partial charge in [-0.2, -0.15) is 0 Å². The molecule has 0 unspecified atom stereocenters. The van der Waals surface area contributed by atoms with Crippen LogP contribution in [0.1, 0.15) is 23.7 Å². The van der Waals surface area contributed by atoms with E-state index in [2.05, 4.69) is 11.1 Å². The first-order valence-corrected chi connectivity index (χ1v) is 4.37. The van der Waals surface area contributed by atoms with Gasteiger partial charge in [0.25, 0.3) is 0 Å². The zero-order valence-corrected chi connectivity index (χ0v) is 7.87. The van der Waals surface area contributed by atoms with Crippen LogP contribution in [0.15, 0.2) is 12.3 Å². The van der Waals surface area contributed by atoms with E-state index in [4.69, 9.17) is 0 Å². The van der Waals surface area contributed by atoms with Crippen LogP contribution in [0.5, 0.6) is 0 Å². The fourth-order valence-electron chi connectivity index (χ4n) is 1.60. The SMILES string of the molecule is CC(=O)N1Cc2cc(C)cnc2C1. The maximum atomic E-state index is 11.1. The highest BCUT2D eigenvalue weighted by Gasteiger charge is 2.21. The molecule has 1 aromatic rings. The first-order valence-electron chi connectivity index (χ1n) is 4.37. The van der Waals surface area contributed by atoms with Crippen molar-refractivity contribution in [3.8, 4) is 0 Å². The Bertz CT molecular complexity index is 360. The van der Waals surface area contributed by atoms with Crippen molar-refractivity contribution < 1.29 is 4.79 Å². The molecule has 0 aromatic carbocycles. The minimum atomic E-state index is 0.121. The Kier molecular flexibility index (Phi) is 1.79. The van der Waals surface area contributed by atoms with Gasteiger partial charge in [-0.25, -0.2) is 0 Å². The molecule has 1 amide bonds. The molecule has 0 N–H and O–H groups in total. The van der Waals surface area contributed by atoms with Crippen LogP contribution in [0.2, 0.25) is 0 Å². The number of fused-ring (bicyclic) bond motifs is 1. The van der Waals surface area contributed by atoms with E-state index in [1.165, 1.54) is 5.56 Å². The largest absolute Gasteiger partial charge is 0.333 e. The monoisotopic (exact) mass is 176 g/mol. The molecule has 0 saturated heterocycles. The maximum Gasteiger partial charge on any atom is 0.220 e. The van der Waals surface area contributed by atoms with Crippen LogP contribution in [-0.4, -0.2) is 15.8 Å². The van der Waals surface area contributed by atoms with Crippen molar-refractivity contribution in [2.45, 2.75) is 26.9 Å². The molecule has 2 heterocycles. The molecule has 0 aliphatic carbocycles. The molecule has 0 saturated carbocycles. The number of nitrogens with zero attached hydrogens (tertiary/aromatic N) is 2. The standard InChI is InChI=1S/C10H12N2O/c1-7-3-9-5-12(8(2)13)6-10(9)11-4-7/h3-4H,5-6H2,1-2H3. The summed E-state index contributed by atoms with van der Waals surface area (Å²) in [5.41, 5.74) is 3.39. The summed E-state index contributed by atoms with van der Waals surface area (Å²) >= 11 is 0. The van der Waals surface area contributed by atoms with E-state index in [9.17, 15) is 4.79 Å². The van der Waals surface area contributed by atoms with E-state index in [0.717, 1.165) is 17.8 Å². The van der Waals surface area contributed by atoms with Gasteiger partial charge in [0.15, 0.2) is 0 Å². The molecule has 0 bridgehead atoms. The van der Waals surface area contributed by atoms with Gasteiger partial charge in [-0.3, -0.25) is 9.78 Å². The second-order valence-electron chi connectivity index (χ2n) is 3.49. The van der Waals surface area contributed by atoms with Gasteiger partial charge in [0, 0.05) is 19.7 Å². The van der Waals surface area contributed by atoms with Crippen molar-refractivity contribution in [3.05, 3.63) is 29.1 Å². The third kappa shape index (κ3) is 1.41. The van der Waals surface area contributed by atoms with E-state index in [-0.39, 0.29) is 5.91 Å². The highest BCUT2D eigenvalue weighted by molar-refractivity contribution is 5.73. The summed E-state index contributed by atoms with van der Waals surface area (Å²) < 4.78 is 0. The number of rotatable bonds is 0. The molecule has 0 radical (unpaired) electrons. The summed E-state index contributed by atoms with van der Waals surface area (Å²) in [6, 6.07) is 2.10. The van der Waals surface area contributed by atoms with Gasteiger partial charge in [0.2, 0.25) is 5.91 Å². The van der Waals surface area contributed by atoms with E-state index >= 15 is 0 Å². The number of carbonyl (C=O) groups excluding carboxylic acids is 1. The van der Waals surface area contributed by atoms with Crippen molar-refractivity contribution in [2.24, 2.45) is 0 Å². The Morgan fingerprint density at radius 1 is 1.54 bits per heavy atom. The number of hydrogen-bond acceptors (Lipinski definition) is 2. The third-order valence-corrected chi connectivity index (χ3v) is 2.34. The average Bonchev–Trinajstić information content (AvgIpc) is 2.46. The van der Waals surface area contributed by atoms with Crippen molar-refractivity contribution >= 4 is 5.91 Å². The predicted octanol–water partition coefficient (Wildman–Crippen LogP) is 1.25. The Morgan fingerprint density at radius 2 is 2.31 bits per heavy atom. The summed E-state index contributed by atoms with van der Waals surface area (Å²) in [4.78, 5) is 17.2. The van der Waals surface area contributed by atoms with Crippen LogP contribution in [0.25, 0.3) is 0 Å². The fraction of sp³-hybridized carbons (Fsp3) is 0.400. The molecule has 0 fully saturated rings. The Morgan fingerprint density at radius 3 is 3.00 bits per heavy atom. The van der Waals surface area contributed by atoms with E-state index < -0.39 is 0 Å². The second kappa shape index (κ2) is 2.83. The summed E-state index contributed by atoms with van der Waals surface area (Å²) in [6.07, 6.45) is 1.85. The van der Waals surface area contributed by atoms with Crippen LogP contribution in [0, 0.1) is 6.92 Å². The minimum absolute atomic E-state index is 0.121. The maximum absolute atomic E-state index is 11.1. The number of aryl methyl sites for hydroxylation is 1. The highest BCUT2D eigenvalue weighted by atomic mass is 16.2. The lowest BCUT2D eigenvalue weighted by molar-refractivity contribution is -0.129. The van der Waals surface area contributed by atoms with Gasteiger partial charge in [0.1, 0.15) is 0 Å². The molecule has 13 heavy (non-hydrogen) atoms. The number of amides is 1. The van der Waals surface area contributed by atoms with Crippen LogP contribution >= 0.6 is 0 Å². The Labute approximate surface area is 77.4 Å². The van der Waals surface area contributed by atoms with Gasteiger partial charge in [-0.05, 0) is 18.1 Å². The summed E-state index contributed by atoms with van der Waals surface area (Å²) in [7, 11) is 0. The Balaban J connectivity index is 2.30. The first-order chi connectivity index (χ1) is 6.16. The fourth-order valence-corrected chi connectivity index (χ4v) is 1.60. The molecular weight excluding hydrogens is 164 g/mol. The summed E-state index contributed by atoms with van der Waals surface area (Å²) in [6.45, 7) is 5.01. The number of pyridine rings is 1. The molecule has 2 rings (SSSR count). The minimum Gasteiger partial charge on any atom is -0.333 e. The molecular formula is C10H12N2O. The van der Waals surface area contributed by atoms with Gasteiger partial charge < -0.3 is 4.90 Å². The molecule has 3 nitrogen and oxygen atoms in total. The zero-order valence-electron chi connectivity index (χ0n) is 7.87. The summed E-state index contributed by atoms with van der Waals surface area (Å²) in [5.74, 6) is 0.121. The van der Waals surface area contributed by atoms with E-state index in [0.29, 0.717) is 6.54 Å². The van der Waals surface area contributed by atoms with Gasteiger partial charge in [-0.1, -0.05) is 6.07 Å². The van der Waals surface area contributed by atoms with Crippen molar-refractivity contribution in [3.63, 3.8) is 0 Å². The van der Waals surface area contributed by atoms with Gasteiger partial charge in [0.05, 0.1) is 12.2 Å². The lowest BCUT2D eigenvalue weighted by Gasteiger charge is -2.10. The van der Waals surface area contributed by atoms with Crippen LogP contribution in [-0.2, 0) is 17.9 Å². The Hall–Kier alpha value is -1.38. The molecule has 1 aliphatic heterocycles. The summed E-state index contributed by atoms with van der Waals surface area (Å²) in [5, 5.41) is 0. The first kappa shape index (κ1) is 8.23. The quantitative estimate of drug-likeness (QED) is 0.596. The van der Waals surface area contributed by atoms with Gasteiger partial charge in [-0.15, -0.1) is 0 Å². The zero-order chi connectivity index (χ0) is 9.42. The molecule has 0 atom stereocenters. The van der Waals surface area contributed by atoms with E-state index in [1.807, 2.05) is 13.1 Å². The van der Waals surface area contributed by atoms with Crippen LogP contribution in [0.4, 0.5) is 0 Å². The smallest absolute Gasteiger partial charge is 0.220 e. The van der Waals surface area contributed by atoms with Crippen molar-refractivity contribution in [1.29, 1.82) is 0 Å². The van der Waals surface area contributed by atoms with Crippen LogP contribution in [0.3, 0.4) is 0 Å². The third-order valence-electron chi connectivity index (χ3n) is 2.34.